The zero-order chi connectivity index (χ0) is 13.4. The number of benzene rings is 1. The Hall–Kier alpha value is -1.67. The number of aromatic nitrogens is 2. The van der Waals surface area contributed by atoms with Crippen molar-refractivity contribution in [3.8, 4) is 11.8 Å². The highest BCUT2D eigenvalue weighted by Gasteiger charge is 2.22. The van der Waals surface area contributed by atoms with Crippen molar-refractivity contribution < 1.29 is 4.39 Å². The summed E-state index contributed by atoms with van der Waals surface area (Å²) >= 11 is 3.23. The van der Waals surface area contributed by atoms with Crippen molar-refractivity contribution in [3.63, 3.8) is 0 Å². The molecule has 5 heteroatoms. The molecule has 0 radical (unpaired) electrons. The lowest BCUT2D eigenvalue weighted by Gasteiger charge is -2.08. The maximum Gasteiger partial charge on any atom is 0.150 e. The molecule has 0 amide bonds. The molecule has 1 aromatic carbocycles. The first kappa shape index (κ1) is 12.4. The largest absolute Gasteiger partial charge is 0.220 e. The van der Waals surface area contributed by atoms with Crippen LogP contribution in [-0.2, 0) is 12.8 Å². The lowest BCUT2D eigenvalue weighted by Crippen LogP contribution is -2.03. The van der Waals surface area contributed by atoms with Crippen LogP contribution in [0.3, 0.4) is 0 Å². The van der Waals surface area contributed by atoms with Gasteiger partial charge < -0.3 is 0 Å². The minimum atomic E-state index is -0.384. The van der Waals surface area contributed by atoms with E-state index in [1.54, 1.807) is 12.1 Å². The second kappa shape index (κ2) is 4.78. The van der Waals surface area contributed by atoms with Crippen LogP contribution < -0.4 is 0 Å². The predicted molar refractivity (Wildman–Crippen MR) is 72.6 cm³/mol. The molecule has 0 N–H and O–H groups in total. The van der Waals surface area contributed by atoms with Gasteiger partial charge in [-0.05, 0) is 43.9 Å². The first-order valence-electron chi connectivity index (χ1n) is 6.17. The number of nitriles is 1. The standard InChI is InChI=1S/C14H11BrFN3/c15-9-5-6-13(11(16)7-9)19-14(8-17)10-3-1-2-4-12(10)18-19/h5-7H,1-4H2. The van der Waals surface area contributed by atoms with E-state index in [1.165, 1.54) is 10.7 Å². The van der Waals surface area contributed by atoms with Crippen LogP contribution >= 0.6 is 15.9 Å². The van der Waals surface area contributed by atoms with Gasteiger partial charge in [-0.2, -0.15) is 10.4 Å². The molecule has 3 nitrogen and oxygen atoms in total. The lowest BCUT2D eigenvalue weighted by molar-refractivity contribution is 0.607. The monoisotopic (exact) mass is 319 g/mol. The van der Waals surface area contributed by atoms with E-state index >= 15 is 0 Å². The summed E-state index contributed by atoms with van der Waals surface area (Å²) in [5.74, 6) is -0.384. The molecule has 96 valence electrons. The summed E-state index contributed by atoms with van der Waals surface area (Å²) in [7, 11) is 0. The van der Waals surface area contributed by atoms with Gasteiger partial charge in [-0.1, -0.05) is 15.9 Å². The molecule has 19 heavy (non-hydrogen) atoms. The molecule has 1 aromatic heterocycles. The first-order chi connectivity index (χ1) is 9.20. The number of fused-ring (bicyclic) bond motifs is 1. The van der Waals surface area contributed by atoms with Crippen molar-refractivity contribution in [2.24, 2.45) is 0 Å². The van der Waals surface area contributed by atoms with Gasteiger partial charge >= 0.3 is 0 Å². The summed E-state index contributed by atoms with van der Waals surface area (Å²) in [6.45, 7) is 0. The van der Waals surface area contributed by atoms with E-state index in [-0.39, 0.29) is 5.82 Å². The SMILES string of the molecule is N#Cc1c2c(nn1-c1ccc(Br)cc1F)CCCC2. The average Bonchev–Trinajstić information content (AvgIpc) is 2.76. The highest BCUT2D eigenvalue weighted by Crippen LogP contribution is 2.27. The molecule has 0 spiro atoms. The number of halogens is 2. The fraction of sp³-hybridized carbons (Fsp3) is 0.286. The van der Waals surface area contributed by atoms with Crippen molar-refractivity contribution in [2.75, 3.05) is 0 Å². The Morgan fingerprint density at radius 1 is 1.32 bits per heavy atom. The van der Waals surface area contributed by atoms with Gasteiger partial charge in [0.1, 0.15) is 23.3 Å². The van der Waals surface area contributed by atoms with Gasteiger partial charge in [0.2, 0.25) is 0 Å². The van der Waals surface area contributed by atoms with Gasteiger partial charge in [0.25, 0.3) is 0 Å². The summed E-state index contributed by atoms with van der Waals surface area (Å²) in [5, 5.41) is 13.7. The molecule has 1 aliphatic rings. The highest BCUT2D eigenvalue weighted by molar-refractivity contribution is 9.10. The number of hydrogen-bond donors (Lipinski definition) is 0. The van der Waals surface area contributed by atoms with Crippen LogP contribution in [0.15, 0.2) is 22.7 Å². The van der Waals surface area contributed by atoms with E-state index in [4.69, 9.17) is 0 Å². The molecule has 1 heterocycles. The van der Waals surface area contributed by atoms with Gasteiger partial charge in [0, 0.05) is 10.0 Å². The average molecular weight is 320 g/mol. The summed E-state index contributed by atoms with van der Waals surface area (Å²) in [5.41, 5.74) is 2.71. The molecular formula is C14H11BrFN3. The molecule has 0 saturated heterocycles. The Morgan fingerprint density at radius 2 is 2.11 bits per heavy atom. The van der Waals surface area contributed by atoms with Crippen LogP contribution in [0.4, 0.5) is 4.39 Å². The summed E-state index contributed by atoms with van der Waals surface area (Å²) < 4.78 is 16.1. The molecule has 3 rings (SSSR count). The van der Waals surface area contributed by atoms with Gasteiger partial charge in [0.15, 0.2) is 0 Å². The third-order valence-corrected chi connectivity index (χ3v) is 3.89. The van der Waals surface area contributed by atoms with Gasteiger partial charge in [-0.3, -0.25) is 0 Å². The zero-order valence-corrected chi connectivity index (χ0v) is 11.7. The Morgan fingerprint density at radius 3 is 2.84 bits per heavy atom. The first-order valence-corrected chi connectivity index (χ1v) is 6.96. The second-order valence-electron chi connectivity index (χ2n) is 4.60. The van der Waals surface area contributed by atoms with E-state index in [9.17, 15) is 9.65 Å². The second-order valence-corrected chi connectivity index (χ2v) is 5.52. The number of rotatable bonds is 1. The van der Waals surface area contributed by atoms with Gasteiger partial charge in [-0.25, -0.2) is 9.07 Å². The van der Waals surface area contributed by atoms with Crippen molar-refractivity contribution in [2.45, 2.75) is 25.7 Å². The number of aryl methyl sites for hydroxylation is 1. The Balaban J connectivity index is 2.20. The maximum atomic E-state index is 14.0. The summed E-state index contributed by atoms with van der Waals surface area (Å²) in [6.07, 6.45) is 3.87. The molecule has 0 fully saturated rings. The lowest BCUT2D eigenvalue weighted by atomic mass is 9.96. The Labute approximate surface area is 118 Å². The molecule has 0 atom stereocenters. The molecule has 2 aromatic rings. The van der Waals surface area contributed by atoms with Crippen LogP contribution in [0.1, 0.15) is 29.8 Å². The van der Waals surface area contributed by atoms with Crippen LogP contribution in [-0.4, -0.2) is 9.78 Å². The van der Waals surface area contributed by atoms with Crippen LogP contribution in [0.5, 0.6) is 0 Å². The Kier molecular flexibility index (Phi) is 3.11. The topological polar surface area (TPSA) is 41.6 Å². The summed E-state index contributed by atoms with van der Waals surface area (Å²) in [4.78, 5) is 0. The van der Waals surface area contributed by atoms with Crippen LogP contribution in [0, 0.1) is 17.1 Å². The van der Waals surface area contributed by atoms with E-state index < -0.39 is 0 Å². The zero-order valence-electron chi connectivity index (χ0n) is 10.2. The maximum absolute atomic E-state index is 14.0. The fourth-order valence-corrected chi connectivity index (χ4v) is 2.83. The summed E-state index contributed by atoms with van der Waals surface area (Å²) in [6, 6.07) is 6.94. The van der Waals surface area contributed by atoms with E-state index in [0.29, 0.717) is 15.9 Å². The normalized spacial score (nSPS) is 13.9. The van der Waals surface area contributed by atoms with Gasteiger partial charge in [-0.15, -0.1) is 0 Å². The minimum Gasteiger partial charge on any atom is -0.220 e. The van der Waals surface area contributed by atoms with Gasteiger partial charge in [0.05, 0.1) is 5.69 Å². The smallest absolute Gasteiger partial charge is 0.150 e. The van der Waals surface area contributed by atoms with Crippen molar-refractivity contribution in [1.29, 1.82) is 5.26 Å². The highest BCUT2D eigenvalue weighted by atomic mass is 79.9. The number of nitrogens with zero attached hydrogens (tertiary/aromatic N) is 3. The van der Waals surface area contributed by atoms with Crippen molar-refractivity contribution >= 4 is 15.9 Å². The predicted octanol–water partition coefficient (Wildman–Crippen LogP) is 3.52. The third kappa shape index (κ3) is 2.06. The van der Waals surface area contributed by atoms with Crippen molar-refractivity contribution in [3.05, 3.63) is 45.4 Å². The van der Waals surface area contributed by atoms with E-state index in [0.717, 1.165) is 36.9 Å². The molecule has 0 unspecified atom stereocenters. The van der Waals surface area contributed by atoms with E-state index in [1.807, 2.05) is 0 Å². The molecule has 0 bridgehead atoms. The molecule has 1 aliphatic carbocycles. The molecule has 0 saturated carbocycles. The van der Waals surface area contributed by atoms with Crippen LogP contribution in [0.2, 0.25) is 0 Å². The quantitative estimate of drug-likeness (QED) is 0.807. The minimum absolute atomic E-state index is 0.328. The van der Waals surface area contributed by atoms with Crippen molar-refractivity contribution in [1.82, 2.24) is 9.78 Å². The molecular weight excluding hydrogens is 309 g/mol. The third-order valence-electron chi connectivity index (χ3n) is 3.40. The van der Waals surface area contributed by atoms with Crippen LogP contribution in [0.25, 0.3) is 5.69 Å². The Bertz CT molecular complexity index is 685. The molecule has 0 aliphatic heterocycles. The van der Waals surface area contributed by atoms with E-state index in [2.05, 4.69) is 27.1 Å². The fourth-order valence-electron chi connectivity index (χ4n) is 2.50. The number of hydrogen-bond acceptors (Lipinski definition) is 2.